The first-order valence-electron chi connectivity index (χ1n) is 8.24. The maximum absolute atomic E-state index is 13.5. The number of benzene rings is 1. The third-order valence-corrected chi connectivity index (χ3v) is 4.97. The summed E-state index contributed by atoms with van der Waals surface area (Å²) < 4.78 is 18.9. The second-order valence-electron chi connectivity index (χ2n) is 7.79. The summed E-state index contributed by atoms with van der Waals surface area (Å²) >= 11 is 0. The lowest BCUT2D eigenvalue weighted by Crippen LogP contribution is -2.46. The molecule has 2 N–H and O–H groups in total. The van der Waals surface area contributed by atoms with Gasteiger partial charge in [-0.15, -0.1) is 0 Å². The van der Waals surface area contributed by atoms with Crippen molar-refractivity contribution in [2.45, 2.75) is 57.1 Å². The summed E-state index contributed by atoms with van der Waals surface area (Å²) in [5, 5.41) is 0. The highest BCUT2D eigenvalue weighted by molar-refractivity contribution is 5.68. The van der Waals surface area contributed by atoms with Crippen LogP contribution in [-0.4, -0.2) is 29.7 Å². The summed E-state index contributed by atoms with van der Waals surface area (Å²) in [4.78, 5) is 14.0. The average Bonchev–Trinajstić information content (AvgIpc) is 2.70. The Labute approximate surface area is 136 Å². The molecule has 3 rings (SSSR count). The summed E-state index contributed by atoms with van der Waals surface area (Å²) in [6.45, 7) is 6.92. The summed E-state index contributed by atoms with van der Waals surface area (Å²) in [5.74, 6) is -0.234. The molecular weight excluding hydrogens is 295 g/mol. The molecule has 23 heavy (non-hydrogen) atoms. The van der Waals surface area contributed by atoms with Crippen molar-refractivity contribution in [3.63, 3.8) is 0 Å². The number of rotatable bonds is 0. The van der Waals surface area contributed by atoms with Crippen molar-refractivity contribution >= 4 is 6.09 Å². The Morgan fingerprint density at radius 3 is 2.61 bits per heavy atom. The Morgan fingerprint density at radius 1 is 1.35 bits per heavy atom. The van der Waals surface area contributed by atoms with E-state index >= 15 is 0 Å². The van der Waals surface area contributed by atoms with Crippen LogP contribution in [0.5, 0.6) is 0 Å². The van der Waals surface area contributed by atoms with E-state index < -0.39 is 5.60 Å². The molecule has 126 valence electrons. The number of likely N-dealkylation sites (tertiary alicyclic amines) is 1. The van der Waals surface area contributed by atoms with Crippen LogP contribution in [0.2, 0.25) is 0 Å². The number of hydrogen-bond acceptors (Lipinski definition) is 3. The minimum Gasteiger partial charge on any atom is -0.444 e. The van der Waals surface area contributed by atoms with E-state index in [4.69, 9.17) is 10.5 Å². The maximum Gasteiger partial charge on any atom is 0.410 e. The molecule has 1 aliphatic carbocycles. The molecule has 1 heterocycles. The molecule has 1 saturated heterocycles. The summed E-state index contributed by atoms with van der Waals surface area (Å²) in [6.07, 6.45) is 2.26. The van der Waals surface area contributed by atoms with Gasteiger partial charge in [-0.3, -0.25) is 0 Å². The van der Waals surface area contributed by atoms with Crippen LogP contribution in [-0.2, 0) is 10.2 Å². The number of carbonyl (C=O) groups is 1. The number of ether oxygens (including phenoxy) is 1. The standard InChI is InChI=1S/C18H25FN2O2/c1-17(2,3)23-16(22)21-8-6-18(7-9-21)11-15(20)13-10-12(19)4-5-14(13)18/h4-5,10,15H,6-9,11,20H2,1-3H3. The van der Waals surface area contributed by atoms with E-state index in [2.05, 4.69) is 0 Å². The molecular formula is C18H25FN2O2. The highest BCUT2D eigenvalue weighted by atomic mass is 19.1. The van der Waals surface area contributed by atoms with E-state index in [1.165, 1.54) is 6.07 Å². The number of nitrogens with zero attached hydrogens (tertiary/aromatic N) is 1. The average molecular weight is 320 g/mol. The summed E-state index contributed by atoms with van der Waals surface area (Å²) in [6, 6.07) is 4.84. The Balaban J connectivity index is 1.74. The predicted molar refractivity (Wildman–Crippen MR) is 86.7 cm³/mol. The van der Waals surface area contributed by atoms with Gasteiger partial charge in [0, 0.05) is 24.5 Å². The zero-order valence-corrected chi connectivity index (χ0v) is 14.1. The van der Waals surface area contributed by atoms with E-state index in [9.17, 15) is 9.18 Å². The van der Waals surface area contributed by atoms with Crippen LogP contribution >= 0.6 is 0 Å². The van der Waals surface area contributed by atoms with Crippen LogP contribution in [0.4, 0.5) is 9.18 Å². The van der Waals surface area contributed by atoms with Crippen LogP contribution in [0.25, 0.3) is 0 Å². The number of fused-ring (bicyclic) bond motifs is 2. The Bertz CT molecular complexity index is 616. The third kappa shape index (κ3) is 3.07. The summed E-state index contributed by atoms with van der Waals surface area (Å²) in [7, 11) is 0. The summed E-state index contributed by atoms with van der Waals surface area (Å²) in [5.41, 5.74) is 7.81. The van der Waals surface area contributed by atoms with Crippen molar-refractivity contribution in [2.75, 3.05) is 13.1 Å². The smallest absolute Gasteiger partial charge is 0.410 e. The van der Waals surface area contributed by atoms with Gasteiger partial charge in [-0.05, 0) is 63.3 Å². The lowest BCUT2D eigenvalue weighted by molar-refractivity contribution is 0.0162. The fraction of sp³-hybridized carbons (Fsp3) is 0.611. The minimum atomic E-state index is -0.480. The van der Waals surface area contributed by atoms with Crippen LogP contribution in [0.15, 0.2) is 18.2 Å². The molecule has 0 aromatic heterocycles. The quantitative estimate of drug-likeness (QED) is 0.796. The zero-order valence-electron chi connectivity index (χ0n) is 14.1. The third-order valence-electron chi connectivity index (χ3n) is 4.97. The van der Waals surface area contributed by atoms with E-state index in [1.807, 2.05) is 26.8 Å². The Kier molecular flexibility index (Phi) is 3.87. The molecule has 1 amide bonds. The number of piperidine rings is 1. The highest BCUT2D eigenvalue weighted by Crippen LogP contribution is 2.50. The van der Waals surface area contributed by atoms with Gasteiger partial charge >= 0.3 is 6.09 Å². The Hall–Kier alpha value is -1.62. The van der Waals surface area contributed by atoms with Gasteiger partial charge in [-0.2, -0.15) is 0 Å². The van der Waals surface area contributed by atoms with Crippen LogP contribution in [0.1, 0.15) is 57.2 Å². The van der Waals surface area contributed by atoms with Gasteiger partial charge in [-0.25, -0.2) is 9.18 Å². The van der Waals surface area contributed by atoms with Crippen molar-refractivity contribution in [1.29, 1.82) is 0 Å². The second-order valence-corrected chi connectivity index (χ2v) is 7.79. The van der Waals surface area contributed by atoms with Crippen molar-refractivity contribution in [2.24, 2.45) is 5.73 Å². The van der Waals surface area contributed by atoms with Gasteiger partial charge in [0.1, 0.15) is 11.4 Å². The van der Waals surface area contributed by atoms with E-state index in [0.717, 1.165) is 30.4 Å². The number of carbonyl (C=O) groups excluding carboxylic acids is 1. The molecule has 1 spiro atoms. The molecule has 1 fully saturated rings. The number of hydrogen-bond donors (Lipinski definition) is 1. The minimum absolute atomic E-state index is 0.0268. The lowest BCUT2D eigenvalue weighted by Gasteiger charge is -2.40. The van der Waals surface area contributed by atoms with Gasteiger partial charge in [0.05, 0.1) is 0 Å². The molecule has 4 nitrogen and oxygen atoms in total. The van der Waals surface area contributed by atoms with Gasteiger partial charge in [0.25, 0.3) is 0 Å². The Morgan fingerprint density at radius 2 is 2.00 bits per heavy atom. The first-order chi connectivity index (χ1) is 10.7. The fourth-order valence-corrected chi connectivity index (χ4v) is 3.88. The van der Waals surface area contributed by atoms with Crippen LogP contribution < -0.4 is 5.73 Å². The van der Waals surface area contributed by atoms with Gasteiger partial charge in [-0.1, -0.05) is 6.07 Å². The SMILES string of the molecule is CC(C)(C)OC(=O)N1CCC2(CC1)CC(N)c1cc(F)ccc12. The predicted octanol–water partition coefficient (Wildman–Crippen LogP) is 3.50. The lowest BCUT2D eigenvalue weighted by atomic mass is 9.74. The molecule has 1 aromatic rings. The van der Waals surface area contributed by atoms with Gasteiger partial charge in [0.15, 0.2) is 0 Å². The number of halogens is 1. The molecule has 0 saturated carbocycles. The number of amides is 1. The normalized spacial score (nSPS) is 23.0. The van der Waals surface area contributed by atoms with Crippen molar-refractivity contribution in [1.82, 2.24) is 4.90 Å². The van der Waals surface area contributed by atoms with Gasteiger partial charge < -0.3 is 15.4 Å². The van der Waals surface area contributed by atoms with Crippen LogP contribution in [0, 0.1) is 5.82 Å². The first-order valence-corrected chi connectivity index (χ1v) is 8.24. The molecule has 1 aliphatic heterocycles. The first kappa shape index (κ1) is 16.2. The largest absolute Gasteiger partial charge is 0.444 e. The van der Waals surface area contributed by atoms with E-state index in [-0.39, 0.29) is 23.4 Å². The van der Waals surface area contributed by atoms with Crippen molar-refractivity contribution in [3.05, 3.63) is 35.1 Å². The van der Waals surface area contributed by atoms with Crippen LogP contribution in [0.3, 0.4) is 0 Å². The van der Waals surface area contributed by atoms with E-state index in [0.29, 0.717) is 13.1 Å². The highest BCUT2D eigenvalue weighted by Gasteiger charge is 2.45. The van der Waals surface area contributed by atoms with Crippen molar-refractivity contribution in [3.8, 4) is 0 Å². The maximum atomic E-state index is 13.5. The fourth-order valence-electron chi connectivity index (χ4n) is 3.88. The molecule has 1 aromatic carbocycles. The zero-order chi connectivity index (χ0) is 16.8. The molecule has 0 radical (unpaired) electrons. The van der Waals surface area contributed by atoms with Crippen molar-refractivity contribution < 1.29 is 13.9 Å². The molecule has 2 aliphatic rings. The monoisotopic (exact) mass is 320 g/mol. The topological polar surface area (TPSA) is 55.6 Å². The van der Waals surface area contributed by atoms with Gasteiger partial charge in [0.2, 0.25) is 0 Å². The second kappa shape index (κ2) is 5.48. The molecule has 1 unspecified atom stereocenters. The van der Waals surface area contributed by atoms with E-state index in [1.54, 1.807) is 11.0 Å². The molecule has 0 bridgehead atoms. The molecule has 5 heteroatoms. The number of nitrogens with two attached hydrogens (primary N) is 1. The molecule has 1 atom stereocenters.